The van der Waals surface area contributed by atoms with Crippen LogP contribution in [0.2, 0.25) is 0 Å². The van der Waals surface area contributed by atoms with E-state index in [0.29, 0.717) is 54.1 Å². The number of amides is 1. The van der Waals surface area contributed by atoms with Gasteiger partial charge in [0, 0.05) is 25.1 Å². The summed E-state index contributed by atoms with van der Waals surface area (Å²) in [5.41, 5.74) is 2.29. The molecule has 35 heavy (non-hydrogen) atoms. The van der Waals surface area contributed by atoms with Gasteiger partial charge in [-0.1, -0.05) is 12.1 Å². The molecular formula is C26H29NO8. The Bertz CT molecular complexity index is 1110. The molecule has 0 spiro atoms. The van der Waals surface area contributed by atoms with Crippen LogP contribution in [0.1, 0.15) is 43.0 Å². The van der Waals surface area contributed by atoms with Gasteiger partial charge in [-0.05, 0) is 54.3 Å². The second kappa shape index (κ2) is 11.9. The number of esters is 1. The van der Waals surface area contributed by atoms with Crippen LogP contribution in [0.15, 0.2) is 42.6 Å². The number of methoxy groups -OCH3 is 1. The van der Waals surface area contributed by atoms with E-state index in [1.54, 1.807) is 12.1 Å². The largest absolute Gasteiger partial charge is 0.494 e. The van der Waals surface area contributed by atoms with Crippen LogP contribution in [0.3, 0.4) is 0 Å². The number of nitrogens with zero attached hydrogens (tertiary/aromatic N) is 1. The highest BCUT2D eigenvalue weighted by Crippen LogP contribution is 2.42. The number of benzene rings is 2. The molecule has 0 radical (unpaired) electrons. The highest BCUT2D eigenvalue weighted by atomic mass is 16.5. The van der Waals surface area contributed by atoms with Crippen LogP contribution in [0.25, 0.3) is 5.57 Å². The summed E-state index contributed by atoms with van der Waals surface area (Å²) in [5, 5.41) is 9.90. The number of carbonyl (C=O) groups is 3. The molecule has 3 rings (SSSR count). The lowest BCUT2D eigenvalue weighted by Gasteiger charge is -2.33. The average Bonchev–Trinajstić information content (AvgIpc) is 2.83. The number of hydrogen-bond donors (Lipinski definition) is 1. The Kier molecular flexibility index (Phi) is 8.72. The van der Waals surface area contributed by atoms with Gasteiger partial charge in [0.05, 0.1) is 33.0 Å². The number of aldehydes is 1. The second-order valence-electron chi connectivity index (χ2n) is 7.82. The van der Waals surface area contributed by atoms with Crippen molar-refractivity contribution in [2.45, 2.75) is 32.7 Å². The zero-order valence-corrected chi connectivity index (χ0v) is 20.0. The van der Waals surface area contributed by atoms with Crippen molar-refractivity contribution in [3.8, 4) is 17.2 Å². The molecule has 0 aliphatic carbocycles. The van der Waals surface area contributed by atoms with Crippen molar-refractivity contribution in [1.29, 1.82) is 0 Å². The maximum absolute atomic E-state index is 12.1. The number of allylic oxidation sites excluding steroid dienone is 1. The van der Waals surface area contributed by atoms with Gasteiger partial charge in [-0.15, -0.1) is 0 Å². The molecule has 0 fully saturated rings. The van der Waals surface area contributed by atoms with Crippen molar-refractivity contribution in [3.05, 3.63) is 59.3 Å². The lowest BCUT2D eigenvalue weighted by atomic mass is 9.87. The molecule has 9 heteroatoms. The molecule has 0 saturated carbocycles. The molecule has 186 valence electrons. The SMILES string of the molecule is CCOc1cccc(CC2c3cc(OC)c(OCCCOC(C)=O)cc3C(C=O)=CN2C(=O)O)c1. The van der Waals surface area contributed by atoms with Crippen molar-refractivity contribution >= 4 is 23.9 Å². The fourth-order valence-electron chi connectivity index (χ4n) is 3.93. The van der Waals surface area contributed by atoms with Gasteiger partial charge in [-0.3, -0.25) is 14.5 Å². The molecular weight excluding hydrogens is 454 g/mol. The topological polar surface area (TPSA) is 112 Å². The first-order valence-corrected chi connectivity index (χ1v) is 11.3. The Morgan fingerprint density at radius 3 is 2.57 bits per heavy atom. The minimum Gasteiger partial charge on any atom is -0.494 e. The van der Waals surface area contributed by atoms with Gasteiger partial charge in [-0.2, -0.15) is 0 Å². The minimum absolute atomic E-state index is 0.217. The predicted octanol–water partition coefficient (Wildman–Crippen LogP) is 4.24. The zero-order valence-electron chi connectivity index (χ0n) is 20.0. The van der Waals surface area contributed by atoms with E-state index in [1.807, 2.05) is 31.2 Å². The van der Waals surface area contributed by atoms with Gasteiger partial charge >= 0.3 is 12.1 Å². The number of rotatable bonds is 11. The van der Waals surface area contributed by atoms with Crippen LogP contribution >= 0.6 is 0 Å². The van der Waals surface area contributed by atoms with Crippen molar-refractivity contribution in [2.24, 2.45) is 0 Å². The van der Waals surface area contributed by atoms with E-state index >= 15 is 0 Å². The van der Waals surface area contributed by atoms with Gasteiger partial charge in [0.25, 0.3) is 0 Å². The Hall–Kier alpha value is -4.01. The van der Waals surface area contributed by atoms with E-state index in [-0.39, 0.29) is 24.8 Å². The van der Waals surface area contributed by atoms with Crippen molar-refractivity contribution < 1.29 is 38.4 Å². The van der Waals surface area contributed by atoms with E-state index in [1.165, 1.54) is 20.2 Å². The number of carboxylic acid groups (broad SMARTS) is 1. The van der Waals surface area contributed by atoms with Gasteiger partial charge in [-0.25, -0.2) is 4.79 Å². The Labute approximate surface area is 203 Å². The summed E-state index contributed by atoms with van der Waals surface area (Å²) >= 11 is 0. The third kappa shape index (κ3) is 6.32. The minimum atomic E-state index is -1.18. The summed E-state index contributed by atoms with van der Waals surface area (Å²) in [6.45, 7) is 4.23. The fraction of sp³-hybridized carbons (Fsp3) is 0.346. The van der Waals surface area contributed by atoms with Crippen LogP contribution in [-0.2, 0) is 20.7 Å². The maximum atomic E-state index is 12.1. The first-order chi connectivity index (χ1) is 16.9. The first-order valence-electron chi connectivity index (χ1n) is 11.3. The van der Waals surface area contributed by atoms with Crippen molar-refractivity contribution in [1.82, 2.24) is 4.90 Å². The van der Waals surface area contributed by atoms with E-state index in [0.717, 1.165) is 10.5 Å². The molecule has 9 nitrogen and oxygen atoms in total. The van der Waals surface area contributed by atoms with Gasteiger partial charge in [0.2, 0.25) is 0 Å². The summed E-state index contributed by atoms with van der Waals surface area (Å²) in [6, 6.07) is 10.3. The molecule has 0 aromatic heterocycles. The Balaban J connectivity index is 1.96. The number of hydrogen-bond acceptors (Lipinski definition) is 7. The summed E-state index contributed by atoms with van der Waals surface area (Å²) in [5.74, 6) is 1.14. The second-order valence-corrected chi connectivity index (χ2v) is 7.82. The molecule has 2 aromatic rings. The highest BCUT2D eigenvalue weighted by Gasteiger charge is 2.33. The highest BCUT2D eigenvalue weighted by molar-refractivity contribution is 6.09. The van der Waals surface area contributed by atoms with Gasteiger partial charge in [0.15, 0.2) is 17.8 Å². The zero-order chi connectivity index (χ0) is 25.4. The number of fused-ring (bicyclic) bond motifs is 1. The molecule has 1 heterocycles. The van der Waals surface area contributed by atoms with Gasteiger partial charge in [0.1, 0.15) is 5.75 Å². The monoisotopic (exact) mass is 483 g/mol. The molecule has 0 saturated heterocycles. The van der Waals surface area contributed by atoms with Crippen LogP contribution < -0.4 is 14.2 Å². The van der Waals surface area contributed by atoms with Crippen LogP contribution in [0.4, 0.5) is 4.79 Å². The van der Waals surface area contributed by atoms with Crippen LogP contribution in [0.5, 0.6) is 17.2 Å². The first kappa shape index (κ1) is 25.6. The van der Waals surface area contributed by atoms with E-state index < -0.39 is 12.1 Å². The summed E-state index contributed by atoms with van der Waals surface area (Å²) < 4.78 is 21.8. The fourth-order valence-corrected chi connectivity index (χ4v) is 3.93. The normalized spacial score (nSPS) is 14.4. The molecule has 1 aliphatic heterocycles. The Morgan fingerprint density at radius 1 is 1.11 bits per heavy atom. The molecule has 1 N–H and O–H groups in total. The molecule has 0 bridgehead atoms. The quantitative estimate of drug-likeness (QED) is 0.287. The van der Waals surface area contributed by atoms with E-state index in [2.05, 4.69) is 0 Å². The molecule has 1 unspecified atom stereocenters. The molecule has 2 aromatic carbocycles. The third-order valence-electron chi connectivity index (χ3n) is 5.46. The summed E-state index contributed by atoms with van der Waals surface area (Å²) in [7, 11) is 1.49. The Morgan fingerprint density at radius 2 is 1.91 bits per heavy atom. The predicted molar refractivity (Wildman–Crippen MR) is 128 cm³/mol. The van der Waals surface area contributed by atoms with E-state index in [9.17, 15) is 19.5 Å². The third-order valence-corrected chi connectivity index (χ3v) is 5.46. The maximum Gasteiger partial charge on any atom is 0.411 e. The standard InChI is InChI=1S/C26H29NO8/c1-4-33-20-8-5-7-18(11-20)12-23-22-14-24(32-3)25(35-10-6-9-34-17(2)29)13-21(22)19(16-28)15-27(23)26(30)31/h5,7-8,11,13-16,23H,4,6,9-10,12H2,1-3H3,(H,30,31). The van der Waals surface area contributed by atoms with E-state index in [4.69, 9.17) is 18.9 Å². The van der Waals surface area contributed by atoms with Crippen LogP contribution in [0, 0.1) is 0 Å². The molecule has 1 atom stereocenters. The van der Waals surface area contributed by atoms with Crippen molar-refractivity contribution in [3.63, 3.8) is 0 Å². The van der Waals surface area contributed by atoms with Crippen molar-refractivity contribution in [2.75, 3.05) is 26.9 Å². The lowest BCUT2D eigenvalue weighted by Crippen LogP contribution is -2.34. The van der Waals surface area contributed by atoms with Gasteiger partial charge < -0.3 is 24.1 Å². The lowest BCUT2D eigenvalue weighted by molar-refractivity contribution is -0.141. The summed E-state index contributed by atoms with van der Waals surface area (Å²) in [4.78, 5) is 36.0. The smallest absolute Gasteiger partial charge is 0.411 e. The summed E-state index contributed by atoms with van der Waals surface area (Å²) in [6.07, 6.45) is 1.62. The molecule has 1 aliphatic rings. The number of ether oxygens (including phenoxy) is 4. The number of carbonyl (C=O) groups excluding carboxylic acids is 2. The molecule has 1 amide bonds. The van der Waals surface area contributed by atoms with Crippen LogP contribution in [-0.4, -0.2) is 55.3 Å². The average molecular weight is 484 g/mol.